The largest absolute Gasteiger partial charge is 0.456 e. The van der Waals surface area contributed by atoms with Crippen LogP contribution in [-0.4, -0.2) is 15.5 Å². The molecular formula is C15H14F3NO3S. The van der Waals surface area contributed by atoms with Gasteiger partial charge in [0, 0.05) is 0 Å². The Kier molecular flexibility index (Phi) is 4.67. The minimum atomic E-state index is -4.75. The lowest BCUT2D eigenvalue weighted by Crippen LogP contribution is -2.19. The summed E-state index contributed by atoms with van der Waals surface area (Å²) in [6, 6.07) is 9.22. The first-order chi connectivity index (χ1) is 10.6. The predicted molar refractivity (Wildman–Crippen MR) is 78.9 cm³/mol. The first-order valence-electron chi connectivity index (χ1n) is 6.53. The molecule has 0 spiro atoms. The van der Waals surface area contributed by atoms with Gasteiger partial charge in [-0.1, -0.05) is 18.2 Å². The highest BCUT2D eigenvalue weighted by Gasteiger charge is 2.36. The minimum Gasteiger partial charge on any atom is -0.456 e. The van der Waals surface area contributed by atoms with Gasteiger partial charge < -0.3 is 4.74 Å². The van der Waals surface area contributed by atoms with Crippen LogP contribution >= 0.6 is 0 Å². The Morgan fingerprint density at radius 3 is 2.26 bits per heavy atom. The van der Waals surface area contributed by atoms with E-state index in [9.17, 15) is 21.6 Å². The average Bonchev–Trinajstić information content (AvgIpc) is 2.48. The fourth-order valence-corrected chi connectivity index (χ4v) is 2.65. The van der Waals surface area contributed by atoms with Crippen LogP contribution in [0.4, 0.5) is 13.2 Å². The molecule has 124 valence electrons. The molecule has 0 fully saturated rings. The van der Waals surface area contributed by atoms with Crippen molar-refractivity contribution in [1.82, 2.24) is 4.72 Å². The molecule has 0 heterocycles. The normalized spacial score (nSPS) is 12.2. The second kappa shape index (κ2) is 6.21. The number of halogens is 3. The van der Waals surface area contributed by atoms with Crippen molar-refractivity contribution in [3.63, 3.8) is 0 Å². The second-order valence-corrected chi connectivity index (χ2v) is 6.62. The fourth-order valence-electron chi connectivity index (χ4n) is 1.89. The van der Waals surface area contributed by atoms with E-state index in [0.717, 1.165) is 19.2 Å². The first kappa shape index (κ1) is 17.3. The van der Waals surface area contributed by atoms with Crippen LogP contribution in [0.2, 0.25) is 0 Å². The molecule has 0 atom stereocenters. The summed E-state index contributed by atoms with van der Waals surface area (Å²) in [5.74, 6) is -0.191. The summed E-state index contributed by atoms with van der Waals surface area (Å²) < 4.78 is 70.4. The van der Waals surface area contributed by atoms with Gasteiger partial charge in [0.25, 0.3) is 0 Å². The molecule has 0 aliphatic rings. The Morgan fingerprint density at radius 1 is 1.04 bits per heavy atom. The molecule has 0 saturated carbocycles. The molecule has 4 nitrogen and oxygen atoms in total. The standard InChI is InChI=1S/C15H14F3NO3S/c1-10-5-3-4-6-13(10)22-14-8-7-11(23(20,21)19-2)9-12(14)15(16,17)18/h3-9,19H,1-2H3. The highest BCUT2D eigenvalue weighted by molar-refractivity contribution is 7.89. The molecule has 0 saturated heterocycles. The van der Waals surface area contributed by atoms with Crippen LogP contribution in [0.1, 0.15) is 11.1 Å². The van der Waals surface area contributed by atoms with E-state index in [1.165, 1.54) is 6.07 Å². The number of nitrogens with one attached hydrogen (secondary N) is 1. The van der Waals surface area contributed by atoms with Crippen LogP contribution in [0, 0.1) is 6.92 Å². The summed E-state index contributed by atoms with van der Waals surface area (Å²) in [5, 5.41) is 0. The molecule has 0 aliphatic heterocycles. The van der Waals surface area contributed by atoms with Gasteiger partial charge >= 0.3 is 6.18 Å². The summed E-state index contributed by atoms with van der Waals surface area (Å²) >= 11 is 0. The Balaban J connectivity index is 2.54. The third kappa shape index (κ3) is 3.83. The molecule has 0 unspecified atom stereocenters. The molecular weight excluding hydrogens is 331 g/mol. The first-order valence-corrected chi connectivity index (χ1v) is 8.02. The lowest BCUT2D eigenvalue weighted by atomic mass is 10.2. The maximum Gasteiger partial charge on any atom is 0.420 e. The average molecular weight is 345 g/mol. The van der Waals surface area contributed by atoms with Gasteiger partial charge in [-0.15, -0.1) is 0 Å². The van der Waals surface area contributed by atoms with Crippen LogP contribution in [0.15, 0.2) is 47.4 Å². The summed E-state index contributed by atoms with van der Waals surface area (Å²) in [7, 11) is -2.86. The van der Waals surface area contributed by atoms with Crippen LogP contribution in [0.25, 0.3) is 0 Å². The highest BCUT2D eigenvalue weighted by atomic mass is 32.2. The van der Waals surface area contributed by atoms with Crippen LogP contribution < -0.4 is 9.46 Å². The number of hydrogen-bond acceptors (Lipinski definition) is 3. The maximum absolute atomic E-state index is 13.2. The molecule has 1 N–H and O–H groups in total. The lowest BCUT2D eigenvalue weighted by molar-refractivity contribution is -0.138. The van der Waals surface area contributed by atoms with E-state index in [1.807, 2.05) is 4.72 Å². The van der Waals surface area contributed by atoms with Crippen molar-refractivity contribution >= 4 is 10.0 Å². The minimum absolute atomic E-state index is 0.266. The second-order valence-electron chi connectivity index (χ2n) is 4.73. The van der Waals surface area contributed by atoms with Gasteiger partial charge in [-0.05, 0) is 43.8 Å². The van der Waals surface area contributed by atoms with E-state index in [0.29, 0.717) is 11.6 Å². The number of benzene rings is 2. The van der Waals surface area contributed by atoms with Gasteiger partial charge in [-0.25, -0.2) is 13.1 Å². The number of aryl methyl sites for hydroxylation is 1. The molecule has 0 aliphatic carbocycles. The Hall–Kier alpha value is -2.06. The molecule has 0 radical (unpaired) electrons. The number of sulfonamides is 1. The Bertz CT molecular complexity index is 817. The monoisotopic (exact) mass is 345 g/mol. The third-order valence-corrected chi connectivity index (χ3v) is 4.56. The van der Waals surface area contributed by atoms with Crippen LogP contribution in [0.5, 0.6) is 11.5 Å². The van der Waals surface area contributed by atoms with Crippen molar-refractivity contribution in [2.75, 3.05) is 7.05 Å². The van der Waals surface area contributed by atoms with E-state index in [4.69, 9.17) is 4.74 Å². The summed E-state index contributed by atoms with van der Waals surface area (Å²) in [4.78, 5) is -0.482. The Labute approximate surface area is 132 Å². The van der Waals surface area contributed by atoms with Crippen molar-refractivity contribution in [3.8, 4) is 11.5 Å². The molecule has 2 aromatic carbocycles. The van der Waals surface area contributed by atoms with Crippen molar-refractivity contribution in [2.45, 2.75) is 18.0 Å². The van der Waals surface area contributed by atoms with Crippen molar-refractivity contribution < 1.29 is 26.3 Å². The number of para-hydroxylation sites is 1. The third-order valence-electron chi connectivity index (χ3n) is 3.15. The zero-order chi connectivity index (χ0) is 17.3. The van der Waals surface area contributed by atoms with Crippen molar-refractivity contribution in [3.05, 3.63) is 53.6 Å². The zero-order valence-electron chi connectivity index (χ0n) is 12.3. The molecule has 2 aromatic rings. The number of rotatable bonds is 4. The van der Waals surface area contributed by atoms with E-state index < -0.39 is 32.4 Å². The Morgan fingerprint density at radius 2 is 1.70 bits per heavy atom. The van der Waals surface area contributed by atoms with Crippen LogP contribution in [0.3, 0.4) is 0 Å². The molecule has 0 bridgehead atoms. The van der Waals surface area contributed by atoms with E-state index in [-0.39, 0.29) is 5.75 Å². The number of ether oxygens (including phenoxy) is 1. The van der Waals surface area contributed by atoms with Crippen molar-refractivity contribution in [1.29, 1.82) is 0 Å². The van der Waals surface area contributed by atoms with Gasteiger partial charge in [-0.3, -0.25) is 0 Å². The molecule has 8 heteroatoms. The molecule has 0 aromatic heterocycles. The van der Waals surface area contributed by atoms with E-state index >= 15 is 0 Å². The quantitative estimate of drug-likeness (QED) is 0.919. The fraction of sp³-hybridized carbons (Fsp3) is 0.200. The summed E-state index contributed by atoms with van der Waals surface area (Å²) in [6.45, 7) is 1.70. The molecule has 2 rings (SSSR count). The maximum atomic E-state index is 13.2. The lowest BCUT2D eigenvalue weighted by Gasteiger charge is -2.16. The van der Waals surface area contributed by atoms with E-state index in [2.05, 4.69) is 0 Å². The van der Waals surface area contributed by atoms with Gasteiger partial charge in [-0.2, -0.15) is 13.2 Å². The van der Waals surface area contributed by atoms with E-state index in [1.54, 1.807) is 25.1 Å². The van der Waals surface area contributed by atoms with Gasteiger partial charge in [0.2, 0.25) is 10.0 Å². The highest BCUT2D eigenvalue weighted by Crippen LogP contribution is 2.39. The van der Waals surface area contributed by atoms with Gasteiger partial charge in [0.05, 0.1) is 10.5 Å². The molecule has 0 amide bonds. The predicted octanol–water partition coefficient (Wildman–Crippen LogP) is 3.71. The smallest absolute Gasteiger partial charge is 0.420 e. The topological polar surface area (TPSA) is 55.4 Å². The zero-order valence-corrected chi connectivity index (χ0v) is 13.1. The summed E-state index contributed by atoms with van der Waals surface area (Å²) in [6.07, 6.45) is -4.75. The van der Waals surface area contributed by atoms with Crippen LogP contribution in [-0.2, 0) is 16.2 Å². The number of alkyl halides is 3. The number of hydrogen-bond donors (Lipinski definition) is 1. The van der Waals surface area contributed by atoms with Gasteiger partial charge in [0.15, 0.2) is 0 Å². The summed E-state index contributed by atoms with van der Waals surface area (Å²) in [5.41, 5.74) is -0.496. The molecule has 23 heavy (non-hydrogen) atoms. The van der Waals surface area contributed by atoms with Gasteiger partial charge in [0.1, 0.15) is 11.5 Å². The SMILES string of the molecule is CNS(=O)(=O)c1ccc(Oc2ccccc2C)c(C(F)(F)F)c1. The van der Waals surface area contributed by atoms with Crippen molar-refractivity contribution in [2.24, 2.45) is 0 Å².